The lowest BCUT2D eigenvalue weighted by molar-refractivity contribution is 0.00708. The van der Waals surface area contributed by atoms with Gasteiger partial charge in [-0.3, -0.25) is 4.79 Å². The molecular formula is C24H21Cl2NO4. The molecule has 0 aliphatic rings. The summed E-state index contributed by atoms with van der Waals surface area (Å²) < 4.78 is 11.3. The number of ether oxygens (including phenoxy) is 2. The normalized spacial score (nSPS) is 11.0. The Morgan fingerprint density at radius 3 is 2.26 bits per heavy atom. The fourth-order valence-corrected chi connectivity index (χ4v) is 3.12. The minimum Gasteiger partial charge on any atom is -0.456 e. The molecule has 0 unspecified atom stereocenters. The van der Waals surface area contributed by atoms with Gasteiger partial charge in [0, 0.05) is 16.7 Å². The van der Waals surface area contributed by atoms with Crippen LogP contribution in [-0.2, 0) is 4.74 Å². The van der Waals surface area contributed by atoms with Crippen molar-refractivity contribution >= 4 is 40.8 Å². The molecule has 7 heteroatoms. The molecule has 1 N–H and O–H groups in total. The van der Waals surface area contributed by atoms with Crippen LogP contribution in [0.25, 0.3) is 0 Å². The molecule has 3 aromatic carbocycles. The van der Waals surface area contributed by atoms with Crippen molar-refractivity contribution in [3.05, 3.63) is 87.9 Å². The average Bonchev–Trinajstić information content (AvgIpc) is 2.69. The van der Waals surface area contributed by atoms with Crippen LogP contribution in [0, 0.1) is 0 Å². The number of amides is 1. The third-order valence-electron chi connectivity index (χ3n) is 4.02. The molecule has 0 aliphatic heterocycles. The highest BCUT2D eigenvalue weighted by Crippen LogP contribution is 2.34. The summed E-state index contributed by atoms with van der Waals surface area (Å²) in [5.41, 5.74) is 0.216. The summed E-state index contributed by atoms with van der Waals surface area (Å²) in [6, 6.07) is 18.2. The van der Waals surface area contributed by atoms with Gasteiger partial charge in [0.2, 0.25) is 0 Å². The van der Waals surface area contributed by atoms with Crippen LogP contribution >= 0.6 is 23.2 Å². The van der Waals surface area contributed by atoms with Crippen molar-refractivity contribution in [1.29, 1.82) is 0 Å². The van der Waals surface area contributed by atoms with Crippen LogP contribution in [-0.4, -0.2) is 17.5 Å². The molecule has 1 amide bonds. The molecule has 160 valence electrons. The zero-order chi connectivity index (χ0) is 22.6. The Balaban J connectivity index is 1.95. The van der Waals surface area contributed by atoms with Crippen LogP contribution in [0.15, 0.2) is 66.7 Å². The van der Waals surface area contributed by atoms with Crippen molar-refractivity contribution in [3.63, 3.8) is 0 Å². The van der Waals surface area contributed by atoms with Crippen LogP contribution in [0.1, 0.15) is 41.5 Å². The Kier molecular flexibility index (Phi) is 6.88. The van der Waals surface area contributed by atoms with Gasteiger partial charge in [0.25, 0.3) is 5.91 Å². The molecule has 0 bridgehead atoms. The van der Waals surface area contributed by atoms with Crippen molar-refractivity contribution in [2.45, 2.75) is 26.4 Å². The van der Waals surface area contributed by atoms with Crippen molar-refractivity contribution in [1.82, 2.24) is 0 Å². The number of benzene rings is 3. The number of carbonyl (C=O) groups excluding carboxylic acids is 2. The molecule has 0 saturated carbocycles. The van der Waals surface area contributed by atoms with E-state index in [1.807, 2.05) is 6.07 Å². The standard InChI is InChI=1S/C24H21Cl2NO4/c1-24(2,3)31-23(29)18-11-10-17(30-21-12-9-16(25)13-19(21)26)14-20(18)27-22(28)15-7-5-4-6-8-15/h4-14H,1-3H3,(H,27,28). The van der Waals surface area contributed by atoms with Gasteiger partial charge >= 0.3 is 5.97 Å². The second kappa shape index (κ2) is 9.41. The van der Waals surface area contributed by atoms with Gasteiger partial charge < -0.3 is 14.8 Å². The number of halogens is 2. The van der Waals surface area contributed by atoms with Gasteiger partial charge in [0.15, 0.2) is 0 Å². The summed E-state index contributed by atoms with van der Waals surface area (Å²) >= 11 is 12.1. The minimum absolute atomic E-state index is 0.203. The Bertz CT molecular complexity index is 1110. The highest BCUT2D eigenvalue weighted by atomic mass is 35.5. The highest BCUT2D eigenvalue weighted by Gasteiger charge is 2.22. The number of esters is 1. The maximum absolute atomic E-state index is 12.7. The summed E-state index contributed by atoms with van der Waals surface area (Å²) in [6.07, 6.45) is 0. The highest BCUT2D eigenvalue weighted by molar-refractivity contribution is 6.35. The maximum atomic E-state index is 12.7. The first-order valence-electron chi connectivity index (χ1n) is 9.49. The quantitative estimate of drug-likeness (QED) is 0.419. The number of anilines is 1. The summed E-state index contributed by atoms with van der Waals surface area (Å²) in [7, 11) is 0. The molecule has 3 rings (SSSR count). The second-order valence-electron chi connectivity index (χ2n) is 7.71. The van der Waals surface area contributed by atoms with E-state index in [0.29, 0.717) is 27.1 Å². The van der Waals surface area contributed by atoms with E-state index in [-0.39, 0.29) is 17.2 Å². The van der Waals surface area contributed by atoms with Gasteiger partial charge in [0.05, 0.1) is 16.3 Å². The molecule has 5 nitrogen and oxygen atoms in total. The first-order valence-corrected chi connectivity index (χ1v) is 10.2. The largest absolute Gasteiger partial charge is 0.456 e. The molecule has 0 heterocycles. The Morgan fingerprint density at radius 2 is 1.61 bits per heavy atom. The SMILES string of the molecule is CC(C)(C)OC(=O)c1ccc(Oc2ccc(Cl)cc2Cl)cc1NC(=O)c1ccccc1. The van der Waals surface area contributed by atoms with Gasteiger partial charge in [-0.1, -0.05) is 41.4 Å². The fourth-order valence-electron chi connectivity index (χ4n) is 2.67. The van der Waals surface area contributed by atoms with E-state index in [1.54, 1.807) is 75.4 Å². The summed E-state index contributed by atoms with van der Waals surface area (Å²) in [5, 5.41) is 3.58. The average molecular weight is 458 g/mol. The smallest absolute Gasteiger partial charge is 0.340 e. The van der Waals surface area contributed by atoms with E-state index >= 15 is 0 Å². The third kappa shape index (κ3) is 6.23. The Hall–Kier alpha value is -3.02. The molecule has 0 aliphatic carbocycles. The predicted octanol–water partition coefficient (Wildman–Crippen LogP) is 6.99. The van der Waals surface area contributed by atoms with Gasteiger partial charge in [-0.2, -0.15) is 0 Å². The first kappa shape index (κ1) is 22.7. The van der Waals surface area contributed by atoms with E-state index < -0.39 is 11.6 Å². The fraction of sp³-hybridized carbons (Fsp3) is 0.167. The van der Waals surface area contributed by atoms with E-state index in [9.17, 15) is 9.59 Å². The van der Waals surface area contributed by atoms with Crippen molar-refractivity contribution in [2.24, 2.45) is 0 Å². The number of hydrogen-bond donors (Lipinski definition) is 1. The van der Waals surface area contributed by atoms with E-state index in [4.69, 9.17) is 32.7 Å². The molecule has 0 radical (unpaired) electrons. The number of rotatable bonds is 5. The number of hydrogen-bond acceptors (Lipinski definition) is 4. The second-order valence-corrected chi connectivity index (χ2v) is 8.55. The van der Waals surface area contributed by atoms with E-state index in [2.05, 4.69) is 5.32 Å². The van der Waals surface area contributed by atoms with Crippen LogP contribution in [0.2, 0.25) is 10.0 Å². The molecule has 0 atom stereocenters. The summed E-state index contributed by atoms with van der Waals surface area (Å²) in [6.45, 7) is 5.31. The van der Waals surface area contributed by atoms with Gasteiger partial charge in [-0.05, 0) is 63.2 Å². The lowest BCUT2D eigenvalue weighted by Gasteiger charge is -2.21. The molecule has 0 fully saturated rings. The summed E-state index contributed by atoms with van der Waals surface area (Å²) in [4.78, 5) is 25.4. The van der Waals surface area contributed by atoms with Crippen LogP contribution in [0.5, 0.6) is 11.5 Å². The molecular weight excluding hydrogens is 437 g/mol. The molecule has 3 aromatic rings. The van der Waals surface area contributed by atoms with Gasteiger partial charge in [-0.25, -0.2) is 4.79 Å². The zero-order valence-electron chi connectivity index (χ0n) is 17.2. The van der Waals surface area contributed by atoms with Crippen LogP contribution < -0.4 is 10.1 Å². The Labute approximate surface area is 190 Å². The van der Waals surface area contributed by atoms with Gasteiger partial charge in [-0.15, -0.1) is 0 Å². The topological polar surface area (TPSA) is 64.6 Å². The third-order valence-corrected chi connectivity index (χ3v) is 4.55. The minimum atomic E-state index is -0.691. The van der Waals surface area contributed by atoms with Crippen LogP contribution in [0.4, 0.5) is 5.69 Å². The van der Waals surface area contributed by atoms with E-state index in [1.165, 1.54) is 6.07 Å². The van der Waals surface area contributed by atoms with Crippen molar-refractivity contribution in [2.75, 3.05) is 5.32 Å². The summed E-state index contributed by atoms with van der Waals surface area (Å²) in [5.74, 6) is -0.171. The predicted molar refractivity (Wildman–Crippen MR) is 123 cm³/mol. The van der Waals surface area contributed by atoms with Crippen molar-refractivity contribution < 1.29 is 19.1 Å². The maximum Gasteiger partial charge on any atom is 0.340 e. The van der Waals surface area contributed by atoms with E-state index in [0.717, 1.165) is 0 Å². The van der Waals surface area contributed by atoms with Gasteiger partial charge in [0.1, 0.15) is 17.1 Å². The molecule has 31 heavy (non-hydrogen) atoms. The van der Waals surface area contributed by atoms with Crippen molar-refractivity contribution in [3.8, 4) is 11.5 Å². The lowest BCUT2D eigenvalue weighted by Crippen LogP contribution is -2.25. The Morgan fingerprint density at radius 1 is 0.903 bits per heavy atom. The number of carbonyl (C=O) groups is 2. The monoisotopic (exact) mass is 457 g/mol. The van der Waals surface area contributed by atoms with Crippen LogP contribution in [0.3, 0.4) is 0 Å². The first-order chi connectivity index (χ1) is 14.6. The zero-order valence-corrected chi connectivity index (χ0v) is 18.8. The lowest BCUT2D eigenvalue weighted by atomic mass is 10.1. The molecule has 0 saturated heterocycles. The number of nitrogens with one attached hydrogen (secondary N) is 1. The molecule has 0 aromatic heterocycles. The molecule has 0 spiro atoms.